The Kier molecular flexibility index (Phi) is 9.72. The second-order valence-corrected chi connectivity index (χ2v) is 9.76. The highest BCUT2D eigenvalue weighted by Crippen LogP contribution is 2.24. The van der Waals surface area contributed by atoms with E-state index in [0.717, 1.165) is 55.4 Å². The fourth-order valence-corrected chi connectivity index (χ4v) is 5.08. The number of amides is 2. The summed E-state index contributed by atoms with van der Waals surface area (Å²) in [6.07, 6.45) is 8.90. The summed E-state index contributed by atoms with van der Waals surface area (Å²) in [4.78, 5) is 31.4. The summed E-state index contributed by atoms with van der Waals surface area (Å²) in [7, 11) is 0. The number of thiophene rings is 1. The van der Waals surface area contributed by atoms with Crippen LogP contribution in [-0.2, 0) is 22.7 Å². The summed E-state index contributed by atoms with van der Waals surface area (Å²) in [6, 6.07) is 10.5. The standard InChI is InChI=1S/C26H35FN2O2S/c1-2-3-5-12-25(30)29(23-9-6-4-7-10-23)20-26(31)28(19-24-11-8-17-32-24)18-21-13-15-22(27)16-14-21/h8,11,13-17,23H,2-7,9-10,12,18-20H2,1H3. The average Bonchev–Trinajstić information content (AvgIpc) is 3.32. The molecule has 0 bridgehead atoms. The molecule has 1 aromatic carbocycles. The highest BCUT2D eigenvalue weighted by atomic mass is 32.1. The Balaban J connectivity index is 1.74. The molecule has 0 spiro atoms. The van der Waals surface area contributed by atoms with Gasteiger partial charge in [-0.15, -0.1) is 11.3 Å². The lowest BCUT2D eigenvalue weighted by molar-refractivity contribution is -0.143. The number of hydrogen-bond donors (Lipinski definition) is 0. The number of carbonyl (C=O) groups excluding carboxylic acids is 2. The summed E-state index contributed by atoms with van der Waals surface area (Å²) in [5.41, 5.74) is 0.884. The zero-order valence-corrected chi connectivity index (χ0v) is 19.9. The summed E-state index contributed by atoms with van der Waals surface area (Å²) >= 11 is 1.61. The van der Waals surface area contributed by atoms with Crippen molar-refractivity contribution in [2.75, 3.05) is 6.54 Å². The molecule has 0 aliphatic heterocycles. The Morgan fingerprint density at radius 3 is 2.41 bits per heavy atom. The Morgan fingerprint density at radius 2 is 1.75 bits per heavy atom. The van der Waals surface area contributed by atoms with E-state index in [1.807, 2.05) is 22.4 Å². The summed E-state index contributed by atoms with van der Waals surface area (Å²) < 4.78 is 13.4. The molecule has 0 atom stereocenters. The van der Waals surface area contributed by atoms with Gasteiger partial charge in [0.25, 0.3) is 0 Å². The SMILES string of the molecule is CCCCCC(=O)N(CC(=O)N(Cc1ccc(F)cc1)Cc1cccs1)C1CCCCC1. The number of benzene rings is 1. The first-order chi connectivity index (χ1) is 15.6. The quantitative estimate of drug-likeness (QED) is 0.379. The van der Waals surface area contributed by atoms with Crippen LogP contribution in [0.15, 0.2) is 41.8 Å². The van der Waals surface area contributed by atoms with Crippen molar-refractivity contribution < 1.29 is 14.0 Å². The maximum atomic E-state index is 13.5. The highest BCUT2D eigenvalue weighted by molar-refractivity contribution is 7.09. The van der Waals surface area contributed by atoms with Gasteiger partial charge >= 0.3 is 0 Å². The zero-order valence-electron chi connectivity index (χ0n) is 19.1. The van der Waals surface area contributed by atoms with Crippen LogP contribution in [0, 0.1) is 5.82 Å². The Bertz CT molecular complexity index is 832. The minimum absolute atomic E-state index is 0.0443. The third-order valence-corrected chi connectivity index (χ3v) is 7.06. The van der Waals surface area contributed by atoms with Crippen molar-refractivity contribution in [3.63, 3.8) is 0 Å². The van der Waals surface area contributed by atoms with Crippen LogP contribution in [-0.4, -0.2) is 34.2 Å². The first-order valence-electron chi connectivity index (χ1n) is 11.9. The van der Waals surface area contributed by atoms with E-state index in [-0.39, 0.29) is 30.2 Å². The smallest absolute Gasteiger partial charge is 0.242 e. The molecule has 0 saturated heterocycles. The van der Waals surface area contributed by atoms with Crippen LogP contribution in [0.1, 0.15) is 75.2 Å². The van der Waals surface area contributed by atoms with Gasteiger partial charge in [0.1, 0.15) is 12.4 Å². The van der Waals surface area contributed by atoms with E-state index >= 15 is 0 Å². The van der Waals surface area contributed by atoms with Gasteiger partial charge < -0.3 is 9.80 Å². The first-order valence-corrected chi connectivity index (χ1v) is 12.8. The van der Waals surface area contributed by atoms with Crippen LogP contribution >= 0.6 is 11.3 Å². The van der Waals surface area contributed by atoms with Crippen molar-refractivity contribution in [2.45, 2.75) is 83.8 Å². The normalized spacial score (nSPS) is 14.3. The van der Waals surface area contributed by atoms with Crippen LogP contribution < -0.4 is 0 Å². The fourth-order valence-electron chi connectivity index (χ4n) is 4.36. The van der Waals surface area contributed by atoms with Gasteiger partial charge in [-0.3, -0.25) is 9.59 Å². The molecule has 174 valence electrons. The van der Waals surface area contributed by atoms with E-state index in [0.29, 0.717) is 19.5 Å². The number of carbonyl (C=O) groups is 2. The fraction of sp³-hybridized carbons (Fsp3) is 0.538. The minimum atomic E-state index is -0.286. The number of unbranched alkanes of at least 4 members (excludes halogenated alkanes) is 2. The predicted molar refractivity (Wildman–Crippen MR) is 128 cm³/mol. The second-order valence-electron chi connectivity index (χ2n) is 8.73. The van der Waals surface area contributed by atoms with Gasteiger partial charge in [0.2, 0.25) is 11.8 Å². The molecule has 1 saturated carbocycles. The van der Waals surface area contributed by atoms with Crippen LogP contribution in [0.4, 0.5) is 4.39 Å². The third kappa shape index (κ3) is 7.44. The summed E-state index contributed by atoms with van der Waals surface area (Å²) in [6.45, 7) is 3.16. The second kappa shape index (κ2) is 12.7. The van der Waals surface area contributed by atoms with Gasteiger partial charge in [0, 0.05) is 23.9 Å². The molecular weight excluding hydrogens is 423 g/mol. The van der Waals surface area contributed by atoms with E-state index in [1.165, 1.54) is 18.6 Å². The van der Waals surface area contributed by atoms with E-state index in [2.05, 4.69) is 6.92 Å². The van der Waals surface area contributed by atoms with Gasteiger partial charge in [0.05, 0.1) is 6.54 Å². The zero-order chi connectivity index (χ0) is 22.8. The van der Waals surface area contributed by atoms with Crippen LogP contribution in [0.5, 0.6) is 0 Å². The van der Waals surface area contributed by atoms with Gasteiger partial charge in [-0.1, -0.05) is 57.2 Å². The molecule has 2 aromatic rings. The lowest BCUT2D eigenvalue weighted by Gasteiger charge is -2.35. The third-order valence-electron chi connectivity index (χ3n) is 6.20. The molecule has 0 unspecified atom stereocenters. The van der Waals surface area contributed by atoms with Crippen LogP contribution in [0.3, 0.4) is 0 Å². The maximum Gasteiger partial charge on any atom is 0.242 e. The molecule has 1 aliphatic rings. The van der Waals surface area contributed by atoms with Gasteiger partial charge in [0.15, 0.2) is 0 Å². The van der Waals surface area contributed by atoms with Crippen molar-refractivity contribution in [2.24, 2.45) is 0 Å². The molecule has 2 amide bonds. The molecule has 4 nitrogen and oxygen atoms in total. The molecule has 1 aliphatic carbocycles. The molecule has 1 fully saturated rings. The number of rotatable bonds is 11. The highest BCUT2D eigenvalue weighted by Gasteiger charge is 2.28. The first kappa shape index (κ1) is 24.4. The van der Waals surface area contributed by atoms with Gasteiger partial charge in [-0.25, -0.2) is 4.39 Å². The largest absolute Gasteiger partial charge is 0.332 e. The Hall–Kier alpha value is -2.21. The molecular formula is C26H35FN2O2S. The minimum Gasteiger partial charge on any atom is -0.332 e. The van der Waals surface area contributed by atoms with Crippen molar-refractivity contribution in [1.29, 1.82) is 0 Å². The molecule has 6 heteroatoms. The predicted octanol–water partition coefficient (Wildman–Crippen LogP) is 6.16. The Labute approximate surface area is 195 Å². The molecule has 0 radical (unpaired) electrons. The van der Waals surface area contributed by atoms with Crippen molar-refractivity contribution in [3.05, 3.63) is 58.0 Å². The van der Waals surface area contributed by atoms with E-state index in [1.54, 1.807) is 28.4 Å². The number of nitrogens with zero attached hydrogens (tertiary/aromatic N) is 2. The van der Waals surface area contributed by atoms with Crippen molar-refractivity contribution in [1.82, 2.24) is 9.80 Å². The lowest BCUT2D eigenvalue weighted by atomic mass is 9.93. The lowest BCUT2D eigenvalue weighted by Crippen LogP contribution is -2.47. The van der Waals surface area contributed by atoms with Crippen molar-refractivity contribution >= 4 is 23.2 Å². The molecule has 1 aromatic heterocycles. The topological polar surface area (TPSA) is 40.6 Å². The number of hydrogen-bond acceptors (Lipinski definition) is 3. The molecule has 1 heterocycles. The molecule has 0 N–H and O–H groups in total. The maximum absolute atomic E-state index is 13.5. The van der Waals surface area contributed by atoms with Gasteiger partial charge in [-0.05, 0) is 48.4 Å². The van der Waals surface area contributed by atoms with Gasteiger partial charge in [-0.2, -0.15) is 0 Å². The van der Waals surface area contributed by atoms with E-state index < -0.39 is 0 Å². The van der Waals surface area contributed by atoms with Crippen LogP contribution in [0.2, 0.25) is 0 Å². The van der Waals surface area contributed by atoms with Crippen molar-refractivity contribution in [3.8, 4) is 0 Å². The molecule has 32 heavy (non-hydrogen) atoms. The summed E-state index contributed by atoms with van der Waals surface area (Å²) in [5.74, 6) is -0.222. The number of halogens is 1. The molecule has 3 rings (SSSR count). The monoisotopic (exact) mass is 458 g/mol. The average molecular weight is 459 g/mol. The summed E-state index contributed by atoms with van der Waals surface area (Å²) in [5, 5.41) is 2.00. The van der Waals surface area contributed by atoms with Crippen LogP contribution in [0.25, 0.3) is 0 Å². The van der Waals surface area contributed by atoms with E-state index in [4.69, 9.17) is 0 Å². The Morgan fingerprint density at radius 1 is 1.00 bits per heavy atom. The van der Waals surface area contributed by atoms with E-state index in [9.17, 15) is 14.0 Å².